The van der Waals surface area contributed by atoms with Crippen molar-refractivity contribution >= 4 is 37.9 Å². The number of aliphatic carboxylic acids is 2. The summed E-state index contributed by atoms with van der Waals surface area (Å²) < 4.78 is 26.4. The Morgan fingerprint density at radius 3 is 2.42 bits per heavy atom. The summed E-state index contributed by atoms with van der Waals surface area (Å²) in [4.78, 5) is 21.3. The molecule has 1 atom stereocenters. The molecule has 0 radical (unpaired) electrons. The molecule has 106 valence electrons. The molecule has 0 spiro atoms. The number of carbonyl (C=O) groups is 2. The Labute approximate surface area is 115 Å². The fourth-order valence-electron chi connectivity index (χ4n) is 1.21. The monoisotopic (exact) mass is 356 g/mol. The second kappa shape index (κ2) is 5.63. The maximum atomic E-state index is 11.9. The lowest BCUT2D eigenvalue weighted by molar-refractivity contribution is -0.145. The lowest BCUT2D eigenvalue weighted by Gasteiger charge is -2.12. The van der Waals surface area contributed by atoms with Crippen molar-refractivity contribution < 1.29 is 28.2 Å². The SMILES string of the molecule is Cn1nnc(Br)c1S(=O)(=O)NC(CC(=O)O)C(=O)O. The predicted octanol–water partition coefficient (Wildman–Crippen LogP) is -1.22. The van der Waals surface area contributed by atoms with E-state index in [1.54, 1.807) is 4.72 Å². The summed E-state index contributed by atoms with van der Waals surface area (Å²) >= 11 is 2.85. The van der Waals surface area contributed by atoms with Gasteiger partial charge in [-0.1, -0.05) is 5.21 Å². The first-order chi connectivity index (χ1) is 8.65. The molecule has 1 aromatic rings. The van der Waals surface area contributed by atoms with Crippen molar-refractivity contribution in [1.29, 1.82) is 0 Å². The van der Waals surface area contributed by atoms with Gasteiger partial charge in [0.15, 0.2) is 4.60 Å². The quantitative estimate of drug-likeness (QED) is 0.573. The van der Waals surface area contributed by atoms with Gasteiger partial charge in [0.25, 0.3) is 10.0 Å². The van der Waals surface area contributed by atoms with Crippen molar-refractivity contribution in [3.63, 3.8) is 0 Å². The number of hydrogen-bond acceptors (Lipinski definition) is 6. The molecule has 1 rings (SSSR count). The summed E-state index contributed by atoms with van der Waals surface area (Å²) in [6.07, 6.45) is -0.891. The van der Waals surface area contributed by atoms with Crippen LogP contribution in [0.2, 0.25) is 0 Å². The molecule has 0 amide bonds. The predicted molar refractivity (Wildman–Crippen MR) is 62.7 cm³/mol. The zero-order valence-electron chi connectivity index (χ0n) is 9.44. The molecule has 1 heterocycles. The summed E-state index contributed by atoms with van der Waals surface area (Å²) in [5.41, 5.74) is 0. The number of aryl methyl sites for hydroxylation is 1. The van der Waals surface area contributed by atoms with E-state index in [1.807, 2.05) is 0 Å². The molecule has 12 heteroatoms. The Morgan fingerprint density at radius 2 is 2.05 bits per heavy atom. The number of nitrogens with one attached hydrogen (secondary N) is 1. The van der Waals surface area contributed by atoms with Crippen LogP contribution in [-0.4, -0.2) is 51.6 Å². The average Bonchev–Trinajstić information content (AvgIpc) is 2.56. The lowest BCUT2D eigenvalue weighted by Crippen LogP contribution is -2.42. The van der Waals surface area contributed by atoms with Gasteiger partial charge in [-0.05, 0) is 15.9 Å². The molecule has 1 aromatic heterocycles. The van der Waals surface area contributed by atoms with Crippen molar-refractivity contribution in [2.75, 3.05) is 0 Å². The van der Waals surface area contributed by atoms with Crippen LogP contribution in [0.3, 0.4) is 0 Å². The highest BCUT2D eigenvalue weighted by Gasteiger charge is 2.31. The zero-order chi connectivity index (χ0) is 14.8. The fraction of sp³-hybridized carbons (Fsp3) is 0.429. The Morgan fingerprint density at radius 1 is 1.47 bits per heavy atom. The number of sulfonamides is 1. The third kappa shape index (κ3) is 3.71. The highest BCUT2D eigenvalue weighted by atomic mass is 79.9. The molecule has 0 saturated carbocycles. The number of rotatable bonds is 6. The topological polar surface area (TPSA) is 151 Å². The van der Waals surface area contributed by atoms with Crippen LogP contribution in [0.1, 0.15) is 6.42 Å². The average molecular weight is 357 g/mol. The standard InChI is InChI=1S/C7H9BrN4O6S/c1-12-6(5(8)9-11-12)19(17,18)10-3(7(15)16)2-4(13)14/h3,10H,2H2,1H3,(H,13,14)(H,15,16). The molecule has 0 fully saturated rings. The van der Waals surface area contributed by atoms with Crippen LogP contribution in [0.5, 0.6) is 0 Å². The smallest absolute Gasteiger partial charge is 0.322 e. The van der Waals surface area contributed by atoms with Crippen LogP contribution < -0.4 is 4.72 Å². The molecule has 3 N–H and O–H groups in total. The van der Waals surface area contributed by atoms with Crippen molar-refractivity contribution in [2.24, 2.45) is 7.05 Å². The first kappa shape index (κ1) is 15.5. The summed E-state index contributed by atoms with van der Waals surface area (Å²) in [6, 6.07) is -1.79. The van der Waals surface area contributed by atoms with Crippen LogP contribution in [-0.2, 0) is 26.7 Å². The number of nitrogens with zero attached hydrogens (tertiary/aromatic N) is 3. The van der Waals surface area contributed by atoms with E-state index in [9.17, 15) is 18.0 Å². The summed E-state index contributed by atoms with van der Waals surface area (Å²) in [7, 11) is -2.98. The van der Waals surface area contributed by atoms with E-state index < -0.39 is 39.5 Å². The second-order valence-corrected chi connectivity index (χ2v) is 5.80. The summed E-state index contributed by atoms with van der Waals surface area (Å²) in [5.74, 6) is -3.05. The number of carboxylic acid groups (broad SMARTS) is 2. The molecule has 19 heavy (non-hydrogen) atoms. The van der Waals surface area contributed by atoms with Crippen molar-refractivity contribution in [3.8, 4) is 0 Å². The van der Waals surface area contributed by atoms with E-state index in [-0.39, 0.29) is 4.60 Å². The van der Waals surface area contributed by atoms with Gasteiger partial charge >= 0.3 is 11.9 Å². The number of halogens is 1. The van der Waals surface area contributed by atoms with Crippen LogP contribution in [0.15, 0.2) is 9.63 Å². The van der Waals surface area contributed by atoms with Crippen LogP contribution in [0, 0.1) is 0 Å². The molecule has 1 unspecified atom stereocenters. The number of carboxylic acids is 2. The van der Waals surface area contributed by atoms with Crippen molar-refractivity contribution in [1.82, 2.24) is 19.7 Å². The lowest BCUT2D eigenvalue weighted by atomic mass is 10.2. The largest absolute Gasteiger partial charge is 0.481 e. The second-order valence-electron chi connectivity index (χ2n) is 3.42. The van der Waals surface area contributed by atoms with Gasteiger partial charge in [0.1, 0.15) is 6.04 Å². The Balaban J connectivity index is 3.08. The van der Waals surface area contributed by atoms with Gasteiger partial charge in [0.2, 0.25) is 5.03 Å². The highest BCUT2D eigenvalue weighted by Crippen LogP contribution is 2.18. The van der Waals surface area contributed by atoms with E-state index in [0.29, 0.717) is 0 Å². The minimum Gasteiger partial charge on any atom is -0.481 e. The molecule has 0 aliphatic heterocycles. The number of hydrogen-bond donors (Lipinski definition) is 3. The van der Waals surface area contributed by atoms with Crippen molar-refractivity contribution in [2.45, 2.75) is 17.5 Å². The van der Waals surface area contributed by atoms with Gasteiger partial charge in [-0.15, -0.1) is 5.10 Å². The minimum absolute atomic E-state index is 0.109. The molecule has 0 aliphatic rings. The third-order valence-corrected chi connectivity index (χ3v) is 4.32. The van der Waals surface area contributed by atoms with Crippen molar-refractivity contribution in [3.05, 3.63) is 4.60 Å². The van der Waals surface area contributed by atoms with Gasteiger partial charge in [-0.2, -0.15) is 4.72 Å². The molecule has 0 aliphatic carbocycles. The normalized spacial score (nSPS) is 13.2. The molecule has 0 saturated heterocycles. The first-order valence-corrected chi connectivity index (χ1v) is 6.95. The third-order valence-electron chi connectivity index (χ3n) is 1.97. The van der Waals surface area contributed by atoms with E-state index >= 15 is 0 Å². The van der Waals surface area contributed by atoms with E-state index in [1.165, 1.54) is 7.05 Å². The summed E-state index contributed by atoms with van der Waals surface area (Å²) in [5, 5.41) is 23.8. The maximum absolute atomic E-state index is 11.9. The Bertz CT molecular complexity index is 592. The zero-order valence-corrected chi connectivity index (χ0v) is 11.8. The van der Waals surface area contributed by atoms with Gasteiger partial charge < -0.3 is 10.2 Å². The van der Waals surface area contributed by atoms with Crippen LogP contribution in [0.25, 0.3) is 0 Å². The highest BCUT2D eigenvalue weighted by molar-refractivity contribution is 9.10. The Kier molecular flexibility index (Phi) is 4.60. The molecule has 0 aromatic carbocycles. The van der Waals surface area contributed by atoms with E-state index in [4.69, 9.17) is 10.2 Å². The van der Waals surface area contributed by atoms with Gasteiger partial charge in [-0.3, -0.25) is 9.59 Å². The first-order valence-electron chi connectivity index (χ1n) is 4.67. The number of aromatic nitrogens is 3. The van der Waals surface area contributed by atoms with Gasteiger partial charge in [-0.25, -0.2) is 13.1 Å². The molecule has 10 nitrogen and oxygen atoms in total. The molecule has 0 bridgehead atoms. The maximum Gasteiger partial charge on any atom is 0.322 e. The molecular weight excluding hydrogens is 348 g/mol. The van der Waals surface area contributed by atoms with Gasteiger partial charge in [0.05, 0.1) is 6.42 Å². The fourth-order valence-corrected chi connectivity index (χ4v) is 3.49. The van der Waals surface area contributed by atoms with Crippen LogP contribution >= 0.6 is 15.9 Å². The van der Waals surface area contributed by atoms with Gasteiger partial charge in [0, 0.05) is 7.05 Å². The van der Waals surface area contributed by atoms with E-state index in [0.717, 1.165) is 4.68 Å². The van der Waals surface area contributed by atoms with E-state index in [2.05, 4.69) is 26.2 Å². The Hall–Kier alpha value is -1.53. The minimum atomic E-state index is -4.27. The van der Waals surface area contributed by atoms with Crippen LogP contribution in [0.4, 0.5) is 0 Å². The summed E-state index contributed by atoms with van der Waals surface area (Å²) in [6.45, 7) is 0. The molecular formula is C7H9BrN4O6S.